The molecule has 1 aromatic heterocycles. The monoisotopic (exact) mass is 267 g/mol. The van der Waals surface area contributed by atoms with Crippen molar-refractivity contribution in [3.8, 4) is 0 Å². The second-order valence-electron chi connectivity index (χ2n) is 4.32. The number of halogens is 1. The molecule has 2 aromatic rings. The van der Waals surface area contributed by atoms with Crippen LogP contribution >= 0.6 is 11.6 Å². The summed E-state index contributed by atoms with van der Waals surface area (Å²) in [7, 11) is 1.64. The molecule has 0 bridgehead atoms. The molecule has 18 heavy (non-hydrogen) atoms. The van der Waals surface area contributed by atoms with Crippen LogP contribution in [0.2, 0.25) is 5.02 Å². The van der Waals surface area contributed by atoms with Crippen molar-refractivity contribution in [1.29, 1.82) is 0 Å². The lowest BCUT2D eigenvalue weighted by molar-refractivity contribution is 0.177. The number of methoxy groups -OCH3 is 1. The van der Waals surface area contributed by atoms with Gasteiger partial charge in [0.1, 0.15) is 5.82 Å². The summed E-state index contributed by atoms with van der Waals surface area (Å²) in [6.45, 7) is 3.46. The number of rotatable bonds is 5. The first-order chi connectivity index (χ1) is 8.67. The number of nitrogens with two attached hydrogens (primary N) is 1. The van der Waals surface area contributed by atoms with E-state index < -0.39 is 0 Å². The molecular weight excluding hydrogens is 250 g/mol. The lowest BCUT2D eigenvalue weighted by atomic mass is 10.3. The van der Waals surface area contributed by atoms with Crippen LogP contribution in [0.3, 0.4) is 0 Å². The third-order valence-electron chi connectivity index (χ3n) is 2.86. The van der Waals surface area contributed by atoms with E-state index in [-0.39, 0.29) is 6.04 Å². The molecule has 1 aromatic carbocycles. The van der Waals surface area contributed by atoms with Crippen molar-refractivity contribution in [2.75, 3.05) is 13.7 Å². The zero-order chi connectivity index (χ0) is 13.1. The van der Waals surface area contributed by atoms with Gasteiger partial charge in [-0.25, -0.2) is 4.98 Å². The smallest absolute Gasteiger partial charge is 0.129 e. The van der Waals surface area contributed by atoms with Gasteiger partial charge in [-0.15, -0.1) is 0 Å². The fourth-order valence-electron chi connectivity index (χ4n) is 2.11. The Morgan fingerprint density at radius 2 is 2.28 bits per heavy atom. The number of aromatic nitrogens is 2. The first kappa shape index (κ1) is 13.3. The number of aryl methyl sites for hydroxylation is 1. The number of hydrogen-bond acceptors (Lipinski definition) is 3. The normalized spacial score (nSPS) is 13.1. The zero-order valence-electron chi connectivity index (χ0n) is 10.7. The molecule has 1 heterocycles. The van der Waals surface area contributed by atoms with Gasteiger partial charge in [-0.1, -0.05) is 18.5 Å². The maximum atomic E-state index is 6.10. The summed E-state index contributed by atoms with van der Waals surface area (Å²) in [5.41, 5.74) is 8.06. The molecule has 2 rings (SSSR count). The van der Waals surface area contributed by atoms with Crippen LogP contribution in [0, 0.1) is 0 Å². The number of ether oxygens (including phenoxy) is 1. The average Bonchev–Trinajstić information content (AvgIpc) is 2.69. The zero-order valence-corrected chi connectivity index (χ0v) is 11.4. The fraction of sp³-hybridized carbons (Fsp3) is 0.462. The van der Waals surface area contributed by atoms with Crippen LogP contribution in [0.15, 0.2) is 18.2 Å². The Labute approximate surface area is 112 Å². The Bertz CT molecular complexity index is 538. The summed E-state index contributed by atoms with van der Waals surface area (Å²) in [4.78, 5) is 4.59. The second-order valence-corrected chi connectivity index (χ2v) is 4.75. The minimum atomic E-state index is -0.215. The van der Waals surface area contributed by atoms with E-state index >= 15 is 0 Å². The first-order valence-corrected chi connectivity index (χ1v) is 6.45. The quantitative estimate of drug-likeness (QED) is 0.906. The highest BCUT2D eigenvalue weighted by molar-refractivity contribution is 6.31. The van der Waals surface area contributed by atoms with Gasteiger partial charge in [0.2, 0.25) is 0 Å². The van der Waals surface area contributed by atoms with Crippen molar-refractivity contribution in [1.82, 2.24) is 9.55 Å². The van der Waals surface area contributed by atoms with Gasteiger partial charge in [-0.2, -0.15) is 0 Å². The number of nitrogens with zero attached hydrogens (tertiary/aromatic N) is 2. The summed E-state index contributed by atoms with van der Waals surface area (Å²) in [6.07, 6.45) is 1.02. The topological polar surface area (TPSA) is 53.1 Å². The van der Waals surface area contributed by atoms with Crippen molar-refractivity contribution in [2.24, 2.45) is 5.73 Å². The lowest BCUT2D eigenvalue weighted by Gasteiger charge is -2.13. The van der Waals surface area contributed by atoms with E-state index in [4.69, 9.17) is 22.1 Å². The third-order valence-corrected chi connectivity index (χ3v) is 3.10. The van der Waals surface area contributed by atoms with Crippen molar-refractivity contribution in [3.63, 3.8) is 0 Å². The number of hydrogen-bond donors (Lipinski definition) is 1. The molecule has 0 radical (unpaired) electrons. The minimum absolute atomic E-state index is 0.215. The molecule has 0 saturated heterocycles. The average molecular weight is 268 g/mol. The van der Waals surface area contributed by atoms with Gasteiger partial charge < -0.3 is 15.0 Å². The van der Waals surface area contributed by atoms with E-state index in [1.54, 1.807) is 7.11 Å². The van der Waals surface area contributed by atoms with E-state index in [1.165, 1.54) is 0 Å². The molecule has 4 nitrogen and oxygen atoms in total. The Kier molecular flexibility index (Phi) is 4.22. The van der Waals surface area contributed by atoms with E-state index in [0.717, 1.165) is 29.8 Å². The Morgan fingerprint density at radius 1 is 1.50 bits per heavy atom. The third kappa shape index (κ3) is 2.51. The van der Waals surface area contributed by atoms with Crippen molar-refractivity contribution in [3.05, 3.63) is 29.0 Å². The Balaban J connectivity index is 2.54. The van der Waals surface area contributed by atoms with Gasteiger partial charge in [0.15, 0.2) is 0 Å². The number of benzene rings is 1. The summed E-state index contributed by atoms with van der Waals surface area (Å²) in [5.74, 6) is 0.857. The van der Waals surface area contributed by atoms with Gasteiger partial charge in [0.25, 0.3) is 0 Å². The van der Waals surface area contributed by atoms with Crippen molar-refractivity contribution < 1.29 is 4.74 Å². The largest absolute Gasteiger partial charge is 0.383 e. The predicted molar refractivity (Wildman–Crippen MR) is 73.8 cm³/mol. The second kappa shape index (κ2) is 5.69. The molecule has 98 valence electrons. The van der Waals surface area contributed by atoms with E-state index in [0.29, 0.717) is 11.6 Å². The molecule has 1 atom stereocenters. The van der Waals surface area contributed by atoms with Crippen LogP contribution in [0.5, 0.6) is 0 Å². The standard InChI is InChI=1S/C13H18ClN3O/c1-3-6-17-12-7-9(14)4-5-11(12)16-13(17)10(15)8-18-2/h4-5,7,10H,3,6,8,15H2,1-2H3. The molecule has 5 heteroatoms. The molecule has 1 unspecified atom stereocenters. The lowest BCUT2D eigenvalue weighted by Crippen LogP contribution is -2.21. The molecule has 0 aliphatic heterocycles. The molecule has 0 saturated carbocycles. The summed E-state index contributed by atoms with van der Waals surface area (Å²) < 4.78 is 7.24. The Morgan fingerprint density at radius 3 is 2.94 bits per heavy atom. The first-order valence-electron chi connectivity index (χ1n) is 6.07. The van der Waals surface area contributed by atoms with E-state index in [9.17, 15) is 0 Å². The highest BCUT2D eigenvalue weighted by Crippen LogP contribution is 2.23. The fourth-order valence-corrected chi connectivity index (χ4v) is 2.28. The minimum Gasteiger partial charge on any atom is -0.383 e. The van der Waals surface area contributed by atoms with Crippen LogP contribution in [0.4, 0.5) is 0 Å². The summed E-state index contributed by atoms with van der Waals surface area (Å²) in [6, 6.07) is 5.49. The van der Waals surface area contributed by atoms with Crippen LogP contribution in [0.1, 0.15) is 25.2 Å². The molecule has 0 aliphatic carbocycles. The Hall–Kier alpha value is -1.10. The predicted octanol–water partition coefficient (Wildman–Crippen LogP) is 2.75. The number of imidazole rings is 1. The number of fused-ring (bicyclic) bond motifs is 1. The van der Waals surface area contributed by atoms with Gasteiger partial charge in [-0.05, 0) is 24.6 Å². The summed E-state index contributed by atoms with van der Waals surface area (Å²) >= 11 is 6.04. The summed E-state index contributed by atoms with van der Waals surface area (Å²) in [5, 5.41) is 0.714. The molecular formula is C13H18ClN3O. The van der Waals surface area contributed by atoms with Crippen LogP contribution in [0.25, 0.3) is 11.0 Å². The van der Waals surface area contributed by atoms with Gasteiger partial charge >= 0.3 is 0 Å². The van der Waals surface area contributed by atoms with Gasteiger partial charge in [0.05, 0.1) is 23.7 Å². The highest BCUT2D eigenvalue weighted by Gasteiger charge is 2.16. The van der Waals surface area contributed by atoms with Crippen molar-refractivity contribution in [2.45, 2.75) is 25.9 Å². The van der Waals surface area contributed by atoms with E-state index in [1.807, 2.05) is 18.2 Å². The molecule has 2 N–H and O–H groups in total. The van der Waals surface area contributed by atoms with Gasteiger partial charge in [0, 0.05) is 18.7 Å². The van der Waals surface area contributed by atoms with Crippen molar-refractivity contribution >= 4 is 22.6 Å². The maximum absolute atomic E-state index is 6.10. The molecule has 0 aliphatic rings. The highest BCUT2D eigenvalue weighted by atomic mass is 35.5. The van der Waals surface area contributed by atoms with Crippen LogP contribution in [-0.4, -0.2) is 23.3 Å². The molecule has 0 amide bonds. The van der Waals surface area contributed by atoms with E-state index in [2.05, 4.69) is 16.5 Å². The molecule has 0 fully saturated rings. The maximum Gasteiger partial charge on any atom is 0.129 e. The van der Waals surface area contributed by atoms with Gasteiger partial charge in [-0.3, -0.25) is 0 Å². The van der Waals surface area contributed by atoms with Crippen LogP contribution in [-0.2, 0) is 11.3 Å². The van der Waals surface area contributed by atoms with Crippen LogP contribution < -0.4 is 5.73 Å². The SMILES string of the molecule is CCCn1c(C(N)COC)nc2ccc(Cl)cc21. The molecule has 0 spiro atoms.